The van der Waals surface area contributed by atoms with E-state index in [1.807, 2.05) is 18.2 Å². The average Bonchev–Trinajstić information content (AvgIpc) is 2.72. The Morgan fingerprint density at radius 1 is 1.43 bits per heavy atom. The molecule has 0 aromatic carbocycles. The minimum atomic E-state index is -0.489. The number of pyridine rings is 1. The van der Waals surface area contributed by atoms with E-state index < -0.39 is 6.10 Å². The number of hydrogen-bond acceptors (Lipinski definition) is 4. The van der Waals surface area contributed by atoms with E-state index in [-0.39, 0.29) is 0 Å². The van der Waals surface area contributed by atoms with Gasteiger partial charge in [0.15, 0.2) is 0 Å². The van der Waals surface area contributed by atoms with Crippen LogP contribution in [0.2, 0.25) is 0 Å². The average molecular weight is 206 g/mol. The summed E-state index contributed by atoms with van der Waals surface area (Å²) in [6.07, 6.45) is 3.48. The fraction of sp³-hybridized carbons (Fsp3) is 0.200. The third-order valence-electron chi connectivity index (χ3n) is 1.91. The van der Waals surface area contributed by atoms with Crippen molar-refractivity contribution >= 4 is 11.3 Å². The SMILES string of the molecule is OC(Cc1ccccn1)c1cncs1. The standard InChI is InChI=1S/C10H10N2OS/c13-9(10-6-11-7-14-10)5-8-3-1-2-4-12-8/h1-4,6-7,9,13H,5H2. The first-order chi connectivity index (χ1) is 6.86. The predicted octanol–water partition coefficient (Wildman–Crippen LogP) is 1.81. The first kappa shape index (κ1) is 9.30. The molecule has 0 amide bonds. The molecule has 72 valence electrons. The Hall–Kier alpha value is -1.26. The van der Waals surface area contributed by atoms with Crippen molar-refractivity contribution in [1.82, 2.24) is 9.97 Å². The van der Waals surface area contributed by atoms with Crippen molar-refractivity contribution in [2.24, 2.45) is 0 Å². The highest BCUT2D eigenvalue weighted by Gasteiger charge is 2.10. The Labute approximate surface area is 86.1 Å². The number of hydrogen-bond donors (Lipinski definition) is 1. The quantitative estimate of drug-likeness (QED) is 0.833. The van der Waals surface area contributed by atoms with Crippen molar-refractivity contribution in [3.05, 3.63) is 46.7 Å². The van der Waals surface area contributed by atoms with E-state index >= 15 is 0 Å². The molecule has 1 N–H and O–H groups in total. The van der Waals surface area contributed by atoms with Gasteiger partial charge >= 0.3 is 0 Å². The summed E-state index contributed by atoms with van der Waals surface area (Å²) in [5.74, 6) is 0. The molecular weight excluding hydrogens is 196 g/mol. The summed E-state index contributed by atoms with van der Waals surface area (Å²) in [7, 11) is 0. The first-order valence-corrected chi connectivity index (χ1v) is 5.20. The maximum Gasteiger partial charge on any atom is 0.0953 e. The lowest BCUT2D eigenvalue weighted by atomic mass is 10.1. The van der Waals surface area contributed by atoms with E-state index in [1.165, 1.54) is 11.3 Å². The molecule has 0 aliphatic heterocycles. The highest BCUT2D eigenvalue weighted by atomic mass is 32.1. The molecule has 0 saturated carbocycles. The summed E-state index contributed by atoms with van der Waals surface area (Å²) < 4.78 is 0. The molecule has 3 nitrogen and oxygen atoms in total. The van der Waals surface area contributed by atoms with Crippen LogP contribution in [0.1, 0.15) is 16.7 Å². The van der Waals surface area contributed by atoms with Gasteiger partial charge in [0, 0.05) is 24.5 Å². The monoisotopic (exact) mass is 206 g/mol. The van der Waals surface area contributed by atoms with E-state index in [0.29, 0.717) is 6.42 Å². The van der Waals surface area contributed by atoms with Crippen molar-refractivity contribution in [1.29, 1.82) is 0 Å². The minimum absolute atomic E-state index is 0.489. The van der Waals surface area contributed by atoms with E-state index in [9.17, 15) is 5.11 Å². The molecule has 2 rings (SSSR count). The molecule has 0 aliphatic carbocycles. The maximum atomic E-state index is 9.79. The van der Waals surface area contributed by atoms with Crippen LogP contribution in [0.15, 0.2) is 36.1 Å². The zero-order valence-corrected chi connectivity index (χ0v) is 8.31. The Balaban J connectivity index is 2.06. The van der Waals surface area contributed by atoms with Gasteiger partial charge < -0.3 is 5.11 Å². The van der Waals surface area contributed by atoms with E-state index in [1.54, 1.807) is 17.9 Å². The highest BCUT2D eigenvalue weighted by molar-refractivity contribution is 7.09. The second-order valence-corrected chi connectivity index (χ2v) is 3.86. The highest BCUT2D eigenvalue weighted by Crippen LogP contribution is 2.20. The van der Waals surface area contributed by atoms with Crippen LogP contribution in [-0.4, -0.2) is 15.1 Å². The number of aromatic nitrogens is 2. The molecule has 1 atom stereocenters. The lowest BCUT2D eigenvalue weighted by Crippen LogP contribution is -2.00. The molecule has 1 unspecified atom stereocenters. The second-order valence-electron chi connectivity index (χ2n) is 2.94. The van der Waals surface area contributed by atoms with Gasteiger partial charge in [0.1, 0.15) is 0 Å². The molecule has 0 radical (unpaired) electrons. The van der Waals surface area contributed by atoms with Gasteiger partial charge in [0.2, 0.25) is 0 Å². The van der Waals surface area contributed by atoms with Crippen molar-refractivity contribution in [3.63, 3.8) is 0 Å². The second kappa shape index (κ2) is 4.30. The summed E-state index contributed by atoms with van der Waals surface area (Å²) in [6.45, 7) is 0. The van der Waals surface area contributed by atoms with Crippen LogP contribution < -0.4 is 0 Å². The Kier molecular flexibility index (Phi) is 2.86. The molecule has 14 heavy (non-hydrogen) atoms. The summed E-state index contributed by atoms with van der Waals surface area (Å²) in [4.78, 5) is 8.96. The molecule has 2 aromatic rings. The van der Waals surface area contributed by atoms with Crippen LogP contribution in [0.5, 0.6) is 0 Å². The third kappa shape index (κ3) is 2.16. The molecule has 2 heterocycles. The number of nitrogens with zero attached hydrogens (tertiary/aromatic N) is 2. The molecule has 0 spiro atoms. The summed E-state index contributed by atoms with van der Waals surface area (Å²) in [6, 6.07) is 5.69. The van der Waals surface area contributed by atoms with Crippen molar-refractivity contribution in [2.45, 2.75) is 12.5 Å². The van der Waals surface area contributed by atoms with Crippen LogP contribution in [0, 0.1) is 0 Å². The zero-order chi connectivity index (χ0) is 9.80. The molecule has 0 saturated heterocycles. The fourth-order valence-electron chi connectivity index (χ4n) is 1.21. The maximum absolute atomic E-state index is 9.79. The molecule has 0 fully saturated rings. The largest absolute Gasteiger partial charge is 0.387 e. The fourth-order valence-corrected chi connectivity index (χ4v) is 1.81. The number of aliphatic hydroxyl groups excluding tert-OH is 1. The van der Waals surface area contributed by atoms with Gasteiger partial charge in [-0.2, -0.15) is 0 Å². The molecule has 0 aliphatic rings. The number of aliphatic hydroxyl groups is 1. The van der Waals surface area contributed by atoms with E-state index in [4.69, 9.17) is 0 Å². The van der Waals surface area contributed by atoms with Gasteiger partial charge in [-0.3, -0.25) is 9.97 Å². The van der Waals surface area contributed by atoms with Gasteiger partial charge in [0.25, 0.3) is 0 Å². The van der Waals surface area contributed by atoms with Crippen molar-refractivity contribution in [2.75, 3.05) is 0 Å². The van der Waals surface area contributed by atoms with Gasteiger partial charge in [-0.05, 0) is 12.1 Å². The van der Waals surface area contributed by atoms with Crippen molar-refractivity contribution < 1.29 is 5.11 Å². The minimum Gasteiger partial charge on any atom is -0.387 e. The lowest BCUT2D eigenvalue weighted by Gasteiger charge is -2.06. The molecule has 2 aromatic heterocycles. The Bertz CT molecular complexity index is 374. The lowest BCUT2D eigenvalue weighted by molar-refractivity contribution is 0.181. The van der Waals surface area contributed by atoms with Gasteiger partial charge in [-0.25, -0.2) is 0 Å². The van der Waals surface area contributed by atoms with Gasteiger partial charge in [-0.1, -0.05) is 6.07 Å². The zero-order valence-electron chi connectivity index (χ0n) is 7.50. The van der Waals surface area contributed by atoms with Crippen LogP contribution in [0.3, 0.4) is 0 Å². The number of thiazole rings is 1. The predicted molar refractivity (Wildman–Crippen MR) is 55.0 cm³/mol. The normalized spacial score (nSPS) is 12.6. The summed E-state index contributed by atoms with van der Waals surface area (Å²) >= 11 is 1.46. The van der Waals surface area contributed by atoms with Crippen LogP contribution in [0.4, 0.5) is 0 Å². The smallest absolute Gasteiger partial charge is 0.0953 e. The topological polar surface area (TPSA) is 46.0 Å². The van der Waals surface area contributed by atoms with Crippen molar-refractivity contribution in [3.8, 4) is 0 Å². The Morgan fingerprint density at radius 2 is 2.36 bits per heavy atom. The van der Waals surface area contributed by atoms with Crippen LogP contribution >= 0.6 is 11.3 Å². The molecule has 0 bridgehead atoms. The summed E-state index contributed by atoms with van der Waals surface area (Å²) in [5.41, 5.74) is 2.62. The third-order valence-corrected chi connectivity index (χ3v) is 2.79. The summed E-state index contributed by atoms with van der Waals surface area (Å²) in [5, 5.41) is 9.79. The van der Waals surface area contributed by atoms with E-state index in [2.05, 4.69) is 9.97 Å². The van der Waals surface area contributed by atoms with Gasteiger partial charge in [-0.15, -0.1) is 11.3 Å². The Morgan fingerprint density at radius 3 is 3.00 bits per heavy atom. The molecular formula is C10H10N2OS. The number of rotatable bonds is 3. The molecule has 4 heteroatoms. The van der Waals surface area contributed by atoms with Crippen LogP contribution in [-0.2, 0) is 6.42 Å². The van der Waals surface area contributed by atoms with E-state index in [0.717, 1.165) is 10.6 Å². The first-order valence-electron chi connectivity index (χ1n) is 4.32. The van der Waals surface area contributed by atoms with Crippen LogP contribution in [0.25, 0.3) is 0 Å². The van der Waals surface area contributed by atoms with Gasteiger partial charge in [0.05, 0.1) is 16.5 Å².